The van der Waals surface area contributed by atoms with E-state index in [1.807, 2.05) is 40.2 Å². The predicted molar refractivity (Wildman–Crippen MR) is 79.2 cm³/mol. The van der Waals surface area contributed by atoms with E-state index in [1.54, 1.807) is 9.36 Å². The minimum absolute atomic E-state index is 0.0664. The third kappa shape index (κ3) is 3.09. The molecule has 0 saturated heterocycles. The van der Waals surface area contributed by atoms with E-state index < -0.39 is 0 Å². The summed E-state index contributed by atoms with van der Waals surface area (Å²) in [5.74, 6) is -0.0664. The maximum atomic E-state index is 12.1. The molecular weight excluding hydrogens is 322 g/mol. The van der Waals surface area contributed by atoms with Crippen molar-refractivity contribution in [2.75, 3.05) is 0 Å². The molecule has 0 fully saturated rings. The predicted octanol–water partition coefficient (Wildman–Crippen LogP) is 1.87. The van der Waals surface area contributed by atoms with E-state index in [9.17, 15) is 4.79 Å². The Labute approximate surface area is 126 Å². The van der Waals surface area contributed by atoms with Crippen LogP contribution in [-0.4, -0.2) is 25.5 Å². The van der Waals surface area contributed by atoms with E-state index in [1.165, 1.54) is 0 Å². The Morgan fingerprint density at radius 1 is 1.35 bits per heavy atom. The molecule has 0 aliphatic carbocycles. The van der Waals surface area contributed by atoms with Gasteiger partial charge in [-0.3, -0.25) is 14.2 Å². The lowest BCUT2D eigenvalue weighted by atomic mass is 10.2. The van der Waals surface area contributed by atoms with Crippen molar-refractivity contribution >= 4 is 21.8 Å². The Morgan fingerprint density at radius 3 is 2.55 bits per heavy atom. The SMILES string of the molecule is Cc1nn(C(C)C(=O)NCc2cn(C)nc2C)cc1Br. The lowest BCUT2D eigenvalue weighted by Gasteiger charge is -2.12. The van der Waals surface area contributed by atoms with Crippen LogP contribution in [0.25, 0.3) is 0 Å². The molecule has 1 atom stereocenters. The summed E-state index contributed by atoms with van der Waals surface area (Å²) in [6, 6.07) is -0.350. The molecule has 2 heterocycles. The quantitative estimate of drug-likeness (QED) is 0.924. The minimum Gasteiger partial charge on any atom is -0.350 e. The Hall–Kier alpha value is -1.63. The van der Waals surface area contributed by atoms with Crippen LogP contribution in [0.15, 0.2) is 16.9 Å². The van der Waals surface area contributed by atoms with Crippen molar-refractivity contribution in [2.24, 2.45) is 7.05 Å². The normalized spacial score (nSPS) is 12.4. The summed E-state index contributed by atoms with van der Waals surface area (Å²) in [7, 11) is 1.87. The lowest BCUT2D eigenvalue weighted by molar-refractivity contribution is -0.124. The molecule has 1 N–H and O–H groups in total. The zero-order valence-corrected chi connectivity index (χ0v) is 13.6. The molecule has 0 radical (unpaired) electrons. The van der Waals surface area contributed by atoms with Gasteiger partial charge in [0.05, 0.1) is 15.9 Å². The van der Waals surface area contributed by atoms with Crippen LogP contribution in [0.4, 0.5) is 0 Å². The maximum absolute atomic E-state index is 12.1. The first kappa shape index (κ1) is 14.8. The number of amides is 1. The van der Waals surface area contributed by atoms with Gasteiger partial charge >= 0.3 is 0 Å². The second-order valence-corrected chi connectivity index (χ2v) is 5.70. The maximum Gasteiger partial charge on any atom is 0.244 e. The second-order valence-electron chi connectivity index (χ2n) is 4.85. The lowest BCUT2D eigenvalue weighted by Crippen LogP contribution is -2.31. The van der Waals surface area contributed by atoms with Gasteiger partial charge in [0.1, 0.15) is 6.04 Å². The largest absolute Gasteiger partial charge is 0.350 e. The van der Waals surface area contributed by atoms with Crippen LogP contribution in [-0.2, 0) is 18.4 Å². The zero-order chi connectivity index (χ0) is 14.9. The van der Waals surface area contributed by atoms with Gasteiger partial charge in [-0.15, -0.1) is 0 Å². The average Bonchev–Trinajstić information content (AvgIpc) is 2.88. The number of rotatable bonds is 4. The molecule has 1 unspecified atom stereocenters. The van der Waals surface area contributed by atoms with Crippen molar-refractivity contribution in [2.45, 2.75) is 33.4 Å². The molecule has 2 rings (SSSR count). The van der Waals surface area contributed by atoms with Crippen LogP contribution in [0, 0.1) is 13.8 Å². The van der Waals surface area contributed by atoms with Crippen LogP contribution in [0.3, 0.4) is 0 Å². The number of halogens is 1. The molecule has 7 heteroatoms. The summed E-state index contributed by atoms with van der Waals surface area (Å²) in [5.41, 5.74) is 2.82. The molecule has 0 spiro atoms. The molecule has 0 bridgehead atoms. The van der Waals surface area contributed by atoms with Crippen molar-refractivity contribution in [3.8, 4) is 0 Å². The Morgan fingerprint density at radius 2 is 2.05 bits per heavy atom. The smallest absolute Gasteiger partial charge is 0.244 e. The highest BCUT2D eigenvalue weighted by atomic mass is 79.9. The topological polar surface area (TPSA) is 64.7 Å². The van der Waals surface area contributed by atoms with Crippen molar-refractivity contribution < 1.29 is 4.79 Å². The van der Waals surface area contributed by atoms with Crippen molar-refractivity contribution in [1.82, 2.24) is 24.9 Å². The number of carbonyl (C=O) groups excluding carboxylic acids is 1. The molecule has 108 valence electrons. The van der Waals surface area contributed by atoms with E-state index >= 15 is 0 Å². The third-order valence-corrected chi connectivity index (χ3v) is 3.98. The number of nitrogens with zero attached hydrogens (tertiary/aromatic N) is 4. The zero-order valence-electron chi connectivity index (χ0n) is 12.0. The van der Waals surface area contributed by atoms with Crippen LogP contribution in [0.5, 0.6) is 0 Å². The van der Waals surface area contributed by atoms with E-state index in [0.717, 1.165) is 21.4 Å². The van der Waals surface area contributed by atoms with Crippen molar-refractivity contribution in [3.63, 3.8) is 0 Å². The fraction of sp³-hybridized carbons (Fsp3) is 0.462. The highest BCUT2D eigenvalue weighted by Crippen LogP contribution is 2.16. The number of hydrogen-bond acceptors (Lipinski definition) is 3. The summed E-state index contributed by atoms with van der Waals surface area (Å²) in [5, 5.41) is 11.5. The van der Waals surface area contributed by atoms with Gasteiger partial charge in [0.15, 0.2) is 0 Å². The average molecular weight is 340 g/mol. The van der Waals surface area contributed by atoms with Crippen LogP contribution < -0.4 is 5.32 Å². The monoisotopic (exact) mass is 339 g/mol. The number of nitrogens with one attached hydrogen (secondary N) is 1. The van der Waals surface area contributed by atoms with E-state index in [2.05, 4.69) is 31.4 Å². The molecular formula is C13H18BrN5O. The van der Waals surface area contributed by atoms with Gasteiger partial charge in [-0.1, -0.05) is 0 Å². The number of aromatic nitrogens is 4. The van der Waals surface area contributed by atoms with Crippen molar-refractivity contribution in [3.05, 3.63) is 33.8 Å². The molecule has 0 saturated carbocycles. The van der Waals surface area contributed by atoms with Crippen LogP contribution in [0.2, 0.25) is 0 Å². The van der Waals surface area contributed by atoms with E-state index in [-0.39, 0.29) is 11.9 Å². The first-order valence-electron chi connectivity index (χ1n) is 6.36. The van der Waals surface area contributed by atoms with E-state index in [4.69, 9.17) is 0 Å². The summed E-state index contributed by atoms with van der Waals surface area (Å²) in [6.07, 6.45) is 3.73. The summed E-state index contributed by atoms with van der Waals surface area (Å²) in [6.45, 7) is 6.12. The van der Waals surface area contributed by atoms with Gasteiger partial charge in [-0.25, -0.2) is 0 Å². The van der Waals surface area contributed by atoms with Gasteiger partial charge in [0.2, 0.25) is 5.91 Å². The van der Waals surface area contributed by atoms with Gasteiger partial charge in [0, 0.05) is 31.5 Å². The summed E-state index contributed by atoms with van der Waals surface area (Å²) < 4.78 is 4.30. The van der Waals surface area contributed by atoms with E-state index in [0.29, 0.717) is 6.54 Å². The number of hydrogen-bond donors (Lipinski definition) is 1. The Balaban J connectivity index is 1.99. The summed E-state index contributed by atoms with van der Waals surface area (Å²) in [4.78, 5) is 12.1. The molecule has 2 aromatic heterocycles. The van der Waals surface area contributed by atoms with Gasteiger partial charge in [-0.2, -0.15) is 10.2 Å². The van der Waals surface area contributed by atoms with Crippen LogP contribution >= 0.6 is 15.9 Å². The Kier molecular flexibility index (Phi) is 4.27. The second kappa shape index (κ2) is 5.78. The van der Waals surface area contributed by atoms with Gasteiger partial charge < -0.3 is 5.32 Å². The van der Waals surface area contributed by atoms with Gasteiger partial charge in [-0.05, 0) is 36.7 Å². The standard InChI is InChI=1S/C13H18BrN5O/c1-8-11(6-18(4)16-8)5-15-13(20)10(3)19-7-12(14)9(2)17-19/h6-7,10H,5H2,1-4H3,(H,15,20). The first-order valence-corrected chi connectivity index (χ1v) is 7.16. The molecule has 2 aromatic rings. The highest BCUT2D eigenvalue weighted by molar-refractivity contribution is 9.10. The molecule has 0 aromatic carbocycles. The van der Waals surface area contributed by atoms with Crippen molar-refractivity contribution in [1.29, 1.82) is 0 Å². The minimum atomic E-state index is -0.350. The number of carbonyl (C=O) groups is 1. The Bertz CT molecular complexity index is 611. The fourth-order valence-corrected chi connectivity index (χ4v) is 2.22. The molecule has 6 nitrogen and oxygen atoms in total. The molecule has 1 amide bonds. The fourth-order valence-electron chi connectivity index (χ4n) is 1.93. The molecule has 0 aliphatic rings. The summed E-state index contributed by atoms with van der Waals surface area (Å²) >= 11 is 3.40. The van der Waals surface area contributed by atoms with Gasteiger partial charge in [0.25, 0.3) is 0 Å². The van der Waals surface area contributed by atoms with Crippen LogP contribution in [0.1, 0.15) is 29.9 Å². The first-order chi connectivity index (χ1) is 9.38. The molecule has 0 aliphatic heterocycles. The third-order valence-electron chi connectivity index (χ3n) is 3.20. The molecule has 20 heavy (non-hydrogen) atoms. The number of aryl methyl sites for hydroxylation is 3. The highest BCUT2D eigenvalue weighted by Gasteiger charge is 2.17.